The lowest BCUT2D eigenvalue weighted by molar-refractivity contribution is 0.631. The first-order valence-corrected chi connectivity index (χ1v) is 3.21. The van der Waals surface area contributed by atoms with Crippen LogP contribution in [-0.2, 0) is 0 Å². The van der Waals surface area contributed by atoms with Gasteiger partial charge in [-0.25, -0.2) is 4.39 Å². The van der Waals surface area contributed by atoms with E-state index in [-0.39, 0.29) is 4.47 Å². The van der Waals surface area contributed by atoms with Crippen molar-refractivity contribution in [3.63, 3.8) is 0 Å². The summed E-state index contributed by atoms with van der Waals surface area (Å²) in [5, 5.41) is 0. The zero-order chi connectivity index (χ0) is 12.0. The molecule has 1 aromatic carbocycles. The highest BCUT2D eigenvalue weighted by atomic mass is 79.9. The first-order chi connectivity index (χ1) is 6.68. The molecule has 0 aliphatic rings. The molecule has 0 amide bonds. The number of nitrogens with two attached hydrogens (primary N) is 1. The first-order valence-electron chi connectivity index (χ1n) is 4.92. The lowest BCUT2D eigenvalue weighted by Gasteiger charge is -1.99. The van der Waals surface area contributed by atoms with Gasteiger partial charge < -0.3 is 5.73 Å². The molecule has 0 radical (unpaired) electrons. The van der Waals surface area contributed by atoms with E-state index in [0.717, 1.165) is 0 Å². The molecule has 0 spiro atoms. The third-order valence-electron chi connectivity index (χ3n) is 0.935. The minimum absolute atomic E-state index is 0.161. The van der Waals surface area contributed by atoms with Crippen LogP contribution in [-0.4, -0.2) is 0 Å². The van der Waals surface area contributed by atoms with E-state index in [4.69, 9.17) is 12.6 Å². The van der Waals surface area contributed by atoms with Gasteiger partial charge >= 0.3 is 0 Å². The van der Waals surface area contributed by atoms with Crippen molar-refractivity contribution in [2.24, 2.45) is 0 Å². The number of halogens is 2. The second-order valence-electron chi connectivity index (χ2n) is 1.67. The Morgan fingerprint density at radius 1 is 1.80 bits per heavy atom. The number of rotatable bonds is 0. The molecule has 2 N–H and O–H groups in total. The molecule has 0 aliphatic carbocycles. The second-order valence-corrected chi connectivity index (χ2v) is 2.46. The van der Waals surface area contributed by atoms with E-state index < -0.39 is 36.0 Å². The monoisotopic (exact) mass is 208 g/mol. The number of hydrogen-bond acceptors (Lipinski definition) is 1. The van der Waals surface area contributed by atoms with E-state index in [1.54, 1.807) is 0 Å². The highest BCUT2D eigenvalue weighted by molar-refractivity contribution is 9.10. The highest BCUT2D eigenvalue weighted by Gasteiger charge is 2.00. The zero-order valence-corrected chi connectivity index (χ0v) is 6.42. The van der Waals surface area contributed by atoms with Crippen molar-refractivity contribution in [2.75, 3.05) is 5.73 Å². The summed E-state index contributed by atoms with van der Waals surface area (Å²) >= 11 is 2.84. The van der Waals surface area contributed by atoms with Crippen LogP contribution in [0, 0.1) is 12.7 Å². The van der Waals surface area contributed by atoms with E-state index in [0.29, 0.717) is 0 Å². The van der Waals surface area contributed by atoms with E-state index in [1.165, 1.54) is 0 Å². The van der Waals surface area contributed by atoms with Crippen molar-refractivity contribution < 1.29 is 11.2 Å². The lowest BCUT2D eigenvalue weighted by Crippen LogP contribution is -1.91. The molecule has 0 saturated carbocycles. The Hall–Kier alpha value is -0.570. The minimum atomic E-state index is -2.65. The Bertz CT molecular complexity index is 388. The van der Waals surface area contributed by atoms with Gasteiger partial charge in [0.15, 0.2) is 0 Å². The van der Waals surface area contributed by atoms with E-state index in [2.05, 4.69) is 15.9 Å². The van der Waals surface area contributed by atoms with Gasteiger partial charge in [-0.05, 0) is 24.5 Å². The quantitative estimate of drug-likeness (QED) is 0.652. The average Bonchev–Trinajstić information content (AvgIpc) is 2.09. The predicted octanol–water partition coefficient (Wildman–Crippen LogP) is 2.48. The summed E-state index contributed by atoms with van der Waals surface area (Å²) in [5.74, 6) is -1.17. The Morgan fingerprint density at radius 2 is 2.50 bits per heavy atom. The summed E-state index contributed by atoms with van der Waals surface area (Å²) in [5.41, 5.74) is 4.14. The van der Waals surface area contributed by atoms with E-state index in [1.807, 2.05) is 0 Å². The number of anilines is 1. The minimum Gasteiger partial charge on any atom is -0.396 e. The number of hydrogen-bond donors (Lipinski definition) is 1. The van der Waals surface area contributed by atoms with E-state index >= 15 is 0 Å². The molecule has 10 heavy (non-hydrogen) atoms. The van der Waals surface area contributed by atoms with Gasteiger partial charge in [-0.15, -0.1) is 0 Å². The fourth-order valence-electron chi connectivity index (χ4n) is 0.468. The molecule has 1 aromatic rings. The van der Waals surface area contributed by atoms with Crippen LogP contribution in [0.5, 0.6) is 0 Å². The molecule has 1 nitrogen and oxygen atoms in total. The SMILES string of the molecule is [2H]c1c(N)c(F)c([2H])c(C([2H])([2H])[2H])c1Br. The van der Waals surface area contributed by atoms with Crippen LogP contribution in [0.25, 0.3) is 0 Å². The summed E-state index contributed by atoms with van der Waals surface area (Å²) < 4.78 is 49.1. The van der Waals surface area contributed by atoms with Gasteiger partial charge in [0, 0.05) is 8.58 Å². The summed E-state index contributed by atoms with van der Waals surface area (Å²) in [6, 6.07) is -1.25. The molecule has 0 bridgehead atoms. The summed E-state index contributed by atoms with van der Waals surface area (Å²) in [6.45, 7) is -2.65. The highest BCUT2D eigenvalue weighted by Crippen LogP contribution is 2.21. The standard InChI is InChI=1S/C7H7BrFN/c1-4-2-6(9)7(10)3-5(4)8/h2-3H,10H2,1H3/i1D3,2D,3D. The summed E-state index contributed by atoms with van der Waals surface area (Å²) in [6.07, 6.45) is 0. The normalized spacial score (nSPS) is 18.4. The molecule has 0 saturated heterocycles. The van der Waals surface area contributed by atoms with Gasteiger partial charge in [0.2, 0.25) is 0 Å². The molecule has 0 aromatic heterocycles. The maximum atomic E-state index is 13.3. The molecule has 0 fully saturated rings. The lowest BCUT2D eigenvalue weighted by atomic mass is 10.2. The van der Waals surface area contributed by atoms with Crippen LogP contribution in [0.3, 0.4) is 0 Å². The van der Waals surface area contributed by atoms with Crippen LogP contribution < -0.4 is 5.73 Å². The molecule has 0 heterocycles. The predicted molar refractivity (Wildman–Crippen MR) is 43.2 cm³/mol. The van der Waals surface area contributed by atoms with Crippen molar-refractivity contribution in [2.45, 2.75) is 6.85 Å². The molecule has 1 rings (SSSR count). The third-order valence-corrected chi connectivity index (χ3v) is 1.53. The Balaban J connectivity index is 3.68. The smallest absolute Gasteiger partial charge is 0.146 e. The Morgan fingerprint density at radius 3 is 3.10 bits per heavy atom. The van der Waals surface area contributed by atoms with Gasteiger partial charge in [-0.1, -0.05) is 15.9 Å². The van der Waals surface area contributed by atoms with Crippen LogP contribution >= 0.6 is 15.9 Å². The van der Waals surface area contributed by atoms with Crippen molar-refractivity contribution in [1.82, 2.24) is 0 Å². The molecule has 54 valence electrons. The molecular formula is C7H7BrFN. The van der Waals surface area contributed by atoms with Gasteiger partial charge in [-0.3, -0.25) is 0 Å². The van der Waals surface area contributed by atoms with Crippen LogP contribution in [0.1, 0.15) is 12.4 Å². The van der Waals surface area contributed by atoms with Gasteiger partial charge in [0.25, 0.3) is 0 Å². The van der Waals surface area contributed by atoms with Crippen molar-refractivity contribution in [3.05, 3.63) is 27.9 Å². The summed E-state index contributed by atoms with van der Waals surface area (Å²) in [4.78, 5) is 0. The van der Waals surface area contributed by atoms with Gasteiger partial charge in [-0.2, -0.15) is 0 Å². The summed E-state index contributed by atoms with van der Waals surface area (Å²) in [7, 11) is 0. The molecular weight excluding hydrogens is 197 g/mol. The topological polar surface area (TPSA) is 26.0 Å². The molecule has 0 unspecified atom stereocenters. The first kappa shape index (κ1) is 3.22. The van der Waals surface area contributed by atoms with Crippen LogP contribution in [0.15, 0.2) is 16.6 Å². The molecule has 0 aliphatic heterocycles. The maximum absolute atomic E-state index is 13.3. The second kappa shape index (κ2) is 2.58. The van der Waals surface area contributed by atoms with Crippen LogP contribution in [0.2, 0.25) is 0 Å². The maximum Gasteiger partial charge on any atom is 0.146 e. The van der Waals surface area contributed by atoms with Crippen molar-refractivity contribution in [1.29, 1.82) is 0 Å². The molecule has 3 heteroatoms. The Labute approximate surface area is 74.2 Å². The van der Waals surface area contributed by atoms with E-state index in [9.17, 15) is 4.39 Å². The third kappa shape index (κ3) is 1.29. The largest absolute Gasteiger partial charge is 0.396 e. The number of benzene rings is 1. The van der Waals surface area contributed by atoms with Crippen LogP contribution in [0.4, 0.5) is 10.1 Å². The average molecular weight is 209 g/mol. The molecule has 0 atom stereocenters. The van der Waals surface area contributed by atoms with Gasteiger partial charge in [0.05, 0.1) is 8.43 Å². The fourth-order valence-corrected chi connectivity index (χ4v) is 0.780. The number of nitrogen functional groups attached to an aromatic ring is 1. The van der Waals surface area contributed by atoms with Crippen molar-refractivity contribution >= 4 is 21.6 Å². The van der Waals surface area contributed by atoms with Crippen molar-refractivity contribution in [3.8, 4) is 0 Å². The van der Waals surface area contributed by atoms with Gasteiger partial charge in [0.1, 0.15) is 5.82 Å². The Kier molecular flexibility index (Phi) is 0.830. The fraction of sp³-hybridized carbons (Fsp3) is 0.143. The zero-order valence-electron chi connectivity index (χ0n) is 9.83.